The van der Waals surface area contributed by atoms with Crippen LogP contribution in [0.4, 0.5) is 11.5 Å². The van der Waals surface area contributed by atoms with Crippen molar-refractivity contribution in [3.63, 3.8) is 0 Å². The molecule has 0 bridgehead atoms. The van der Waals surface area contributed by atoms with Gasteiger partial charge in [-0.2, -0.15) is 0 Å². The van der Waals surface area contributed by atoms with Crippen molar-refractivity contribution in [3.05, 3.63) is 54.5 Å². The second kappa shape index (κ2) is 11.7. The third-order valence-corrected chi connectivity index (χ3v) is 8.35. The van der Waals surface area contributed by atoms with E-state index in [0.29, 0.717) is 43.3 Å². The van der Waals surface area contributed by atoms with Crippen molar-refractivity contribution >= 4 is 40.2 Å². The fraction of sp³-hybridized carbons (Fsp3) is 0.429. The number of methoxy groups -OCH3 is 1. The summed E-state index contributed by atoms with van der Waals surface area (Å²) in [5.41, 5.74) is 4.33. The Kier molecular flexibility index (Phi) is 8.11. The quantitative estimate of drug-likeness (QED) is 0.317. The number of anilines is 2. The lowest BCUT2D eigenvalue weighted by molar-refractivity contribution is -0.113. The minimum absolute atomic E-state index is 0.00640. The SMILES string of the molecule is C=C(Nc1ccnc2ccc(OCCOC)nc12)C1(C)CCC(NCc2ccc3c(n2)NC(=O)CS3)CC1. The predicted octanol–water partition coefficient (Wildman–Crippen LogP) is 4.76. The second-order valence-corrected chi connectivity index (χ2v) is 11.0. The van der Waals surface area contributed by atoms with Crippen molar-refractivity contribution in [2.24, 2.45) is 5.41 Å². The highest BCUT2D eigenvalue weighted by atomic mass is 32.2. The molecule has 1 amide bonds. The van der Waals surface area contributed by atoms with Crippen molar-refractivity contribution in [2.75, 3.05) is 36.7 Å². The van der Waals surface area contributed by atoms with Gasteiger partial charge in [0.15, 0.2) is 0 Å². The van der Waals surface area contributed by atoms with Crippen LogP contribution in [0.25, 0.3) is 11.0 Å². The summed E-state index contributed by atoms with van der Waals surface area (Å²) >= 11 is 1.53. The summed E-state index contributed by atoms with van der Waals surface area (Å²) in [6.45, 7) is 8.33. The topological polar surface area (TPSA) is 110 Å². The van der Waals surface area contributed by atoms with Crippen LogP contribution in [0.15, 0.2) is 53.7 Å². The van der Waals surface area contributed by atoms with Crippen molar-refractivity contribution in [2.45, 2.75) is 50.1 Å². The van der Waals surface area contributed by atoms with E-state index >= 15 is 0 Å². The van der Waals surface area contributed by atoms with Gasteiger partial charge in [0.25, 0.3) is 0 Å². The largest absolute Gasteiger partial charge is 0.475 e. The molecule has 38 heavy (non-hydrogen) atoms. The zero-order chi connectivity index (χ0) is 26.5. The van der Waals surface area contributed by atoms with Crippen molar-refractivity contribution in [1.29, 1.82) is 0 Å². The van der Waals surface area contributed by atoms with E-state index in [1.807, 2.05) is 30.3 Å². The molecular formula is C28H34N6O3S. The van der Waals surface area contributed by atoms with Crippen LogP contribution in [0.1, 0.15) is 38.3 Å². The maximum Gasteiger partial charge on any atom is 0.235 e. The molecule has 1 aliphatic heterocycles. The third kappa shape index (κ3) is 6.09. The lowest BCUT2D eigenvalue weighted by Gasteiger charge is -2.39. The number of fused-ring (bicyclic) bond motifs is 2. The van der Waals surface area contributed by atoms with E-state index < -0.39 is 0 Å². The van der Waals surface area contributed by atoms with Crippen molar-refractivity contribution in [1.82, 2.24) is 20.3 Å². The lowest BCUT2D eigenvalue weighted by atomic mass is 9.72. The number of thioether (sulfide) groups is 1. The maximum absolute atomic E-state index is 11.7. The number of hydrogen-bond acceptors (Lipinski definition) is 9. The summed E-state index contributed by atoms with van der Waals surface area (Å²) in [6, 6.07) is 10.2. The first-order chi connectivity index (χ1) is 18.4. The number of nitrogens with zero attached hydrogens (tertiary/aromatic N) is 3. The summed E-state index contributed by atoms with van der Waals surface area (Å²) in [5, 5.41) is 10.1. The maximum atomic E-state index is 11.7. The summed E-state index contributed by atoms with van der Waals surface area (Å²) in [5.74, 6) is 1.68. The second-order valence-electron chi connectivity index (χ2n) is 10.0. The van der Waals surface area contributed by atoms with Gasteiger partial charge in [-0.15, -0.1) is 11.8 Å². The molecule has 0 atom stereocenters. The molecule has 0 spiro atoms. The number of aromatic nitrogens is 3. The molecule has 1 saturated carbocycles. The highest BCUT2D eigenvalue weighted by molar-refractivity contribution is 8.00. The van der Waals surface area contributed by atoms with Gasteiger partial charge >= 0.3 is 0 Å². The monoisotopic (exact) mass is 534 g/mol. The first-order valence-electron chi connectivity index (χ1n) is 12.9. The first-order valence-corrected chi connectivity index (χ1v) is 13.9. The molecule has 0 radical (unpaired) electrons. The number of hydrogen-bond donors (Lipinski definition) is 3. The minimum Gasteiger partial charge on any atom is -0.475 e. The Morgan fingerprint density at radius 2 is 2.03 bits per heavy atom. The van der Waals surface area contributed by atoms with Crippen molar-refractivity contribution < 1.29 is 14.3 Å². The molecule has 1 fully saturated rings. The van der Waals surface area contributed by atoms with E-state index in [2.05, 4.69) is 44.4 Å². The molecule has 0 saturated heterocycles. The Bertz CT molecular complexity index is 1330. The number of carbonyl (C=O) groups excluding carboxylic acids is 1. The highest BCUT2D eigenvalue weighted by Crippen LogP contribution is 2.42. The molecule has 2 aliphatic rings. The number of allylic oxidation sites excluding steroid dienone is 1. The van der Waals surface area contributed by atoms with E-state index in [0.717, 1.165) is 58.7 Å². The standard InChI is InChI=1S/C28H34N6O3S/c1-18(31-22-10-13-29-21-5-7-25(34-26(21)22)37-15-14-36-3)28(2)11-8-19(9-12-28)30-16-20-4-6-23-27(32-20)33-24(35)17-38-23/h4-7,10,13,19,30H,1,8-9,11-12,14-17H2,2-3H3,(H,29,31)(H,32,33,35). The molecule has 4 heterocycles. The first kappa shape index (κ1) is 26.4. The van der Waals surface area contributed by atoms with Crippen LogP contribution in [0, 0.1) is 5.41 Å². The Hall–Kier alpha value is -3.21. The third-order valence-electron chi connectivity index (χ3n) is 7.30. The fourth-order valence-electron chi connectivity index (χ4n) is 4.84. The number of rotatable bonds is 10. The minimum atomic E-state index is -0.0358. The molecule has 5 rings (SSSR count). The van der Waals surface area contributed by atoms with Crippen LogP contribution in [-0.4, -0.2) is 53.0 Å². The zero-order valence-electron chi connectivity index (χ0n) is 21.9. The summed E-state index contributed by atoms with van der Waals surface area (Å²) in [4.78, 5) is 26.5. The van der Waals surface area contributed by atoms with Gasteiger partial charge < -0.3 is 25.4 Å². The Labute approximate surface area is 227 Å². The molecule has 1 aliphatic carbocycles. The molecule has 200 valence electrons. The fourth-order valence-corrected chi connectivity index (χ4v) is 5.60. The van der Waals surface area contributed by atoms with Gasteiger partial charge in [-0.1, -0.05) is 13.5 Å². The predicted molar refractivity (Wildman–Crippen MR) is 150 cm³/mol. The van der Waals surface area contributed by atoms with Gasteiger partial charge in [0.05, 0.1) is 34.2 Å². The van der Waals surface area contributed by atoms with Crippen LogP contribution >= 0.6 is 11.8 Å². The molecule has 9 nitrogen and oxygen atoms in total. The van der Waals surface area contributed by atoms with Crippen LogP contribution in [-0.2, 0) is 16.1 Å². The van der Waals surface area contributed by atoms with Gasteiger partial charge in [0.1, 0.15) is 17.9 Å². The Balaban J connectivity index is 1.17. The zero-order valence-corrected chi connectivity index (χ0v) is 22.7. The number of amides is 1. The van der Waals surface area contributed by atoms with Crippen LogP contribution in [0.5, 0.6) is 5.88 Å². The van der Waals surface area contributed by atoms with Crippen LogP contribution in [0.3, 0.4) is 0 Å². The van der Waals surface area contributed by atoms with E-state index in [1.54, 1.807) is 13.3 Å². The van der Waals surface area contributed by atoms with E-state index in [-0.39, 0.29) is 11.3 Å². The smallest absolute Gasteiger partial charge is 0.235 e. The van der Waals surface area contributed by atoms with Gasteiger partial charge in [-0.05, 0) is 49.9 Å². The Morgan fingerprint density at radius 3 is 2.84 bits per heavy atom. The van der Waals surface area contributed by atoms with Crippen LogP contribution < -0.4 is 20.7 Å². The van der Waals surface area contributed by atoms with Gasteiger partial charge in [0.2, 0.25) is 11.8 Å². The normalized spacial score (nSPS) is 21.0. The molecule has 3 N–H and O–H groups in total. The summed E-state index contributed by atoms with van der Waals surface area (Å²) < 4.78 is 10.8. The molecular weight excluding hydrogens is 500 g/mol. The summed E-state index contributed by atoms with van der Waals surface area (Å²) in [7, 11) is 1.65. The van der Waals surface area contributed by atoms with Gasteiger partial charge in [0, 0.05) is 43.1 Å². The average Bonchev–Trinajstić information content (AvgIpc) is 2.93. The molecule has 0 aromatic carbocycles. The molecule has 3 aromatic rings. The van der Waals surface area contributed by atoms with Gasteiger partial charge in [-0.25, -0.2) is 9.97 Å². The number of nitrogens with one attached hydrogen (secondary N) is 3. The lowest BCUT2D eigenvalue weighted by Crippen LogP contribution is -2.38. The number of pyridine rings is 3. The molecule has 0 unspecified atom stereocenters. The van der Waals surface area contributed by atoms with Crippen molar-refractivity contribution in [3.8, 4) is 5.88 Å². The van der Waals surface area contributed by atoms with Gasteiger partial charge in [-0.3, -0.25) is 9.78 Å². The van der Waals surface area contributed by atoms with E-state index in [9.17, 15) is 4.79 Å². The van der Waals surface area contributed by atoms with E-state index in [1.165, 1.54) is 11.8 Å². The Morgan fingerprint density at radius 1 is 1.18 bits per heavy atom. The summed E-state index contributed by atoms with van der Waals surface area (Å²) in [6.07, 6.45) is 5.90. The number of carbonyl (C=O) groups is 1. The van der Waals surface area contributed by atoms with E-state index in [4.69, 9.17) is 9.47 Å². The molecule has 10 heteroatoms. The highest BCUT2D eigenvalue weighted by Gasteiger charge is 2.34. The number of ether oxygens (including phenoxy) is 2. The van der Waals surface area contributed by atoms with Crippen LogP contribution in [0.2, 0.25) is 0 Å². The average molecular weight is 535 g/mol. The molecule has 3 aromatic heterocycles.